The maximum absolute atomic E-state index is 14.2. The minimum atomic E-state index is -0.847. The third kappa shape index (κ3) is 21.0. The molecule has 29 nitrogen and oxygen atoms in total. The van der Waals surface area contributed by atoms with E-state index < -0.39 is 43.3 Å². The number of nitrogens with zero attached hydrogens (tertiary/aromatic N) is 7. The highest BCUT2D eigenvalue weighted by molar-refractivity contribution is 6.07. The molecule has 3 aromatic carbocycles. The molecule has 4 unspecified atom stereocenters. The van der Waals surface area contributed by atoms with Crippen LogP contribution in [-0.2, 0) is 78.3 Å². The lowest BCUT2D eigenvalue weighted by molar-refractivity contribution is -0.199. The van der Waals surface area contributed by atoms with Crippen LogP contribution in [0, 0.1) is 20.8 Å². The highest BCUT2D eigenvalue weighted by Gasteiger charge is 2.49. The van der Waals surface area contributed by atoms with Crippen LogP contribution < -0.4 is 35.2 Å². The minimum Gasteiger partial charge on any atom is -0.493 e. The standard InChI is InChI=1S/C45H54N6O8.C32H42N4O7.2CO2/c1-6-20-58-45(55)51-37-26-39(29(2)23-35(37)43(54)50-19-9-7-12-36(50)44(51)59-41-14-8-10-21-57-41)56-22-11-13-40(52)46-34-25-38(49(5)28-34)42(53)47-33-17-15-31(16-18-33)32-24-30(3)48(4)27-32;1-4-16-42-32(39)36-26-20-27(40-18-9-11-28(37)33-23-13-15-34(3)21-23)22(2)19-24(26)30(38)35-14-7-5-10-25(35)31(36)43-29-12-6-8-17-41-29;2*2-1-3/h6,15-18,23-28,36,41,44H,1,7-14,19-22H2,2-5H3,(H,46,52)(H,47,53);4,13,15,19-21,25,29,31H,1,5-12,14,16-18H2,2-3H3,(H,33,37);;/t36-,41?,44?;25-,29?,31?;;/m00../s1. The number of rotatable bonds is 23. The number of aryl methyl sites for hydroxylation is 6. The number of benzene rings is 3. The van der Waals surface area contributed by atoms with Crippen LogP contribution in [0.4, 0.5) is 38.0 Å². The zero-order chi connectivity index (χ0) is 77.4. The van der Waals surface area contributed by atoms with E-state index in [1.807, 2.05) is 85.0 Å². The van der Waals surface area contributed by atoms with Crippen LogP contribution in [0.5, 0.6) is 11.5 Å². The number of carbonyl (C=O) groups excluding carboxylic acids is 11. The summed E-state index contributed by atoms with van der Waals surface area (Å²) in [5.41, 5.74) is 8.54. The number of piperidine rings is 2. The molecule has 0 spiro atoms. The quantitative estimate of drug-likeness (QED) is 0.0396. The van der Waals surface area contributed by atoms with Gasteiger partial charge in [0.05, 0.1) is 59.2 Å². The molecule has 6 atom stereocenters. The molecule has 12 rings (SSSR count). The second kappa shape index (κ2) is 39.6. The van der Waals surface area contributed by atoms with E-state index in [1.165, 1.54) is 22.0 Å². The SMILES string of the molecule is C=CCOC(=O)N1c2cc(OCCCC(=O)Nc3cc(C(=O)Nc4ccc(-c5cc(C)n(C)c5)cc4)n(C)c3)c(C)cc2C(=O)N2CCCC[C@H]2C1OC1CCCCO1.C=CCOC(=O)N1c2cc(OCCCC(=O)Nc3ccn(C)c3)c(C)cc2C(=O)N2CCCC[C@H]2C1OC1CCCCO1.O=C=O.O=C=O. The fourth-order valence-corrected chi connectivity index (χ4v) is 13.9. The molecule has 3 aromatic heterocycles. The van der Waals surface area contributed by atoms with Crippen LogP contribution in [0.25, 0.3) is 11.1 Å². The molecule has 6 aromatic rings. The van der Waals surface area contributed by atoms with Crippen LogP contribution in [0.1, 0.15) is 151 Å². The molecule has 6 aliphatic rings. The maximum Gasteiger partial charge on any atom is 0.416 e. The van der Waals surface area contributed by atoms with Crippen molar-refractivity contribution >= 4 is 82.5 Å². The van der Waals surface area contributed by atoms with E-state index in [-0.39, 0.29) is 87.1 Å². The Hall–Kier alpha value is -10.9. The maximum atomic E-state index is 14.2. The van der Waals surface area contributed by atoms with Crippen LogP contribution in [-0.4, -0.2) is 167 Å². The van der Waals surface area contributed by atoms with E-state index in [2.05, 4.69) is 52.9 Å². The summed E-state index contributed by atoms with van der Waals surface area (Å²) >= 11 is 0. The summed E-state index contributed by atoms with van der Waals surface area (Å²) in [6.07, 6.45) is 18.4. The number of anilines is 5. The average molecular weight is 1490 g/mol. The van der Waals surface area contributed by atoms with Crippen molar-refractivity contribution in [2.75, 3.05) is 78.5 Å². The van der Waals surface area contributed by atoms with Gasteiger partial charge in [0, 0.05) is 109 Å². The number of carbonyl (C=O) groups is 7. The van der Waals surface area contributed by atoms with Gasteiger partial charge in [0.15, 0.2) is 25.0 Å². The summed E-state index contributed by atoms with van der Waals surface area (Å²) in [7, 11) is 5.65. The van der Waals surface area contributed by atoms with Crippen molar-refractivity contribution in [3.63, 3.8) is 0 Å². The summed E-state index contributed by atoms with van der Waals surface area (Å²) in [5, 5.41) is 8.70. The molecule has 3 N–H and O–H groups in total. The highest BCUT2D eigenvalue weighted by atomic mass is 16.7. The number of hydrogen-bond acceptors (Lipinski definition) is 19. The minimum absolute atomic E-state index is 0.0138. The average Bonchev–Trinajstić information content (AvgIpc) is 1.61. The summed E-state index contributed by atoms with van der Waals surface area (Å²) in [4.78, 5) is 133. The largest absolute Gasteiger partial charge is 0.493 e. The number of nitrogens with one attached hydrogen (secondary N) is 3. The lowest BCUT2D eigenvalue weighted by Crippen LogP contribution is -2.57. The topological polar surface area (TPSA) is 325 Å². The second-order valence-corrected chi connectivity index (χ2v) is 27.0. The first-order valence-electron chi connectivity index (χ1n) is 36.4. The zero-order valence-electron chi connectivity index (χ0n) is 62.1. The van der Waals surface area contributed by atoms with Gasteiger partial charge in [-0.25, -0.2) is 19.4 Å². The van der Waals surface area contributed by atoms with E-state index in [0.717, 1.165) is 79.4 Å². The van der Waals surface area contributed by atoms with Gasteiger partial charge in [0.1, 0.15) is 30.4 Å². The Morgan fingerprint density at radius 3 is 1.46 bits per heavy atom. The molecule has 29 heteroatoms. The van der Waals surface area contributed by atoms with Crippen LogP contribution in [0.2, 0.25) is 0 Å². The van der Waals surface area contributed by atoms with Gasteiger partial charge in [-0.3, -0.25) is 24.0 Å². The van der Waals surface area contributed by atoms with Crippen LogP contribution in [0.15, 0.2) is 117 Å². The van der Waals surface area contributed by atoms with Gasteiger partial charge in [-0.2, -0.15) is 19.2 Å². The van der Waals surface area contributed by atoms with Gasteiger partial charge in [0.2, 0.25) is 11.8 Å². The molecular weight excluding hydrogens is 1390 g/mol. The zero-order valence-corrected chi connectivity index (χ0v) is 62.1. The number of amides is 7. The van der Waals surface area contributed by atoms with Crippen molar-refractivity contribution < 1.29 is 90.6 Å². The Labute approximate surface area is 627 Å². The molecule has 0 bridgehead atoms. The summed E-state index contributed by atoms with van der Waals surface area (Å²) in [5.74, 6) is 0.0212. The fourth-order valence-electron chi connectivity index (χ4n) is 13.9. The second-order valence-electron chi connectivity index (χ2n) is 27.0. The van der Waals surface area contributed by atoms with E-state index in [9.17, 15) is 33.6 Å². The van der Waals surface area contributed by atoms with Gasteiger partial charge < -0.3 is 77.3 Å². The Kier molecular flexibility index (Phi) is 29.8. The van der Waals surface area contributed by atoms with Gasteiger partial charge in [-0.15, -0.1) is 0 Å². The van der Waals surface area contributed by atoms with Crippen molar-refractivity contribution in [1.29, 1.82) is 0 Å². The van der Waals surface area contributed by atoms with Crippen LogP contribution >= 0.6 is 0 Å². The fraction of sp³-hybridized carbons (Fsp3) is 0.456. The number of hydrogen-bond donors (Lipinski definition) is 3. The third-order valence-corrected chi connectivity index (χ3v) is 19.2. The Bertz CT molecular complexity index is 4180. The van der Waals surface area contributed by atoms with Gasteiger partial charge >= 0.3 is 24.5 Å². The molecule has 0 aliphatic carbocycles. The lowest BCUT2D eigenvalue weighted by atomic mass is 10.00. The van der Waals surface area contributed by atoms with Gasteiger partial charge in [0.25, 0.3) is 17.7 Å². The highest BCUT2D eigenvalue weighted by Crippen LogP contribution is 2.43. The summed E-state index contributed by atoms with van der Waals surface area (Å²) < 4.78 is 54.1. The van der Waals surface area contributed by atoms with Gasteiger partial charge in [-0.05, 0) is 175 Å². The first kappa shape index (κ1) is 81.2. The van der Waals surface area contributed by atoms with Crippen LogP contribution in [0.3, 0.4) is 0 Å². The smallest absolute Gasteiger partial charge is 0.416 e. The Morgan fingerprint density at radius 2 is 1.03 bits per heavy atom. The van der Waals surface area contributed by atoms with E-state index in [1.54, 1.807) is 48.1 Å². The van der Waals surface area contributed by atoms with E-state index >= 15 is 0 Å². The van der Waals surface area contributed by atoms with Crippen molar-refractivity contribution in [2.45, 2.75) is 161 Å². The molecule has 9 heterocycles. The normalized spacial score (nSPS) is 19.2. The van der Waals surface area contributed by atoms with Crippen molar-refractivity contribution in [3.05, 3.63) is 150 Å². The monoisotopic (exact) mass is 1490 g/mol. The Balaban J connectivity index is 0.000000242. The third-order valence-electron chi connectivity index (χ3n) is 19.2. The molecule has 108 heavy (non-hydrogen) atoms. The summed E-state index contributed by atoms with van der Waals surface area (Å²) in [6.45, 7) is 15.9. The van der Waals surface area contributed by atoms with Crippen molar-refractivity contribution in [2.24, 2.45) is 21.1 Å². The predicted molar refractivity (Wildman–Crippen MR) is 396 cm³/mol. The predicted octanol–water partition coefficient (Wildman–Crippen LogP) is 11.7. The molecule has 0 saturated carbocycles. The molecule has 6 aliphatic heterocycles. The number of aromatic nitrogens is 3. The number of fused-ring (bicyclic) bond motifs is 4. The Morgan fingerprint density at radius 1 is 0.546 bits per heavy atom. The lowest BCUT2D eigenvalue weighted by Gasteiger charge is -2.42. The van der Waals surface area contributed by atoms with E-state index in [0.29, 0.717) is 121 Å². The van der Waals surface area contributed by atoms with Crippen molar-refractivity contribution in [1.82, 2.24) is 23.5 Å². The molecule has 7 amide bonds. The number of ether oxygens (including phenoxy) is 8. The molecule has 576 valence electrons. The first-order valence-corrected chi connectivity index (χ1v) is 36.4. The van der Waals surface area contributed by atoms with E-state index in [4.69, 9.17) is 57.1 Å². The van der Waals surface area contributed by atoms with Gasteiger partial charge in [-0.1, -0.05) is 37.4 Å². The molecule has 0 radical (unpaired) electrons. The molecule has 4 saturated heterocycles. The summed E-state index contributed by atoms with van der Waals surface area (Å²) in [6, 6.07) is 19.5. The van der Waals surface area contributed by atoms with Crippen molar-refractivity contribution in [3.8, 4) is 22.6 Å². The molecule has 4 fully saturated rings. The first-order chi connectivity index (χ1) is 52.2. The molecular formula is C79H96N10O19.